The average molecular weight is 314 g/mol. The molecule has 1 rings (SSSR count). The van der Waals surface area contributed by atoms with E-state index in [1.54, 1.807) is 14.1 Å². The van der Waals surface area contributed by atoms with Crippen LogP contribution in [-0.2, 0) is 14.3 Å². The minimum atomic E-state index is -4.39. The molecule has 0 spiro atoms. The summed E-state index contributed by atoms with van der Waals surface area (Å²) in [5.41, 5.74) is 0. The van der Waals surface area contributed by atoms with E-state index in [4.69, 9.17) is 0 Å². The SMILES string of the molecule is CN(C)C(=O)[C@@H]1CSCN1C(=O)CCOCC(F)(F)F. The smallest absolute Gasteiger partial charge is 0.372 e. The molecule has 0 aliphatic carbocycles. The molecule has 1 saturated heterocycles. The molecule has 1 atom stereocenters. The molecule has 1 heterocycles. The first-order valence-corrected chi connectivity index (χ1v) is 7.10. The second-order valence-electron chi connectivity index (χ2n) is 4.53. The van der Waals surface area contributed by atoms with Gasteiger partial charge in [-0.3, -0.25) is 9.59 Å². The first kappa shape index (κ1) is 17.1. The van der Waals surface area contributed by atoms with Gasteiger partial charge >= 0.3 is 6.18 Å². The molecule has 5 nitrogen and oxygen atoms in total. The molecule has 1 fully saturated rings. The molecular formula is C11H17F3N2O3S. The average Bonchev–Trinajstić information content (AvgIpc) is 2.81. The summed E-state index contributed by atoms with van der Waals surface area (Å²) in [4.78, 5) is 26.5. The Morgan fingerprint density at radius 3 is 2.60 bits per heavy atom. The summed E-state index contributed by atoms with van der Waals surface area (Å²) < 4.78 is 40.0. The minimum absolute atomic E-state index is 0.159. The van der Waals surface area contributed by atoms with Gasteiger partial charge in [0, 0.05) is 19.8 Å². The van der Waals surface area contributed by atoms with Crippen LogP contribution in [0.15, 0.2) is 0 Å². The zero-order valence-corrected chi connectivity index (χ0v) is 12.1. The lowest BCUT2D eigenvalue weighted by Crippen LogP contribution is -2.47. The van der Waals surface area contributed by atoms with Gasteiger partial charge in [-0.2, -0.15) is 13.2 Å². The first-order chi connectivity index (χ1) is 9.22. The van der Waals surface area contributed by atoms with E-state index in [1.165, 1.54) is 21.6 Å². The number of nitrogens with zero attached hydrogens (tertiary/aromatic N) is 2. The largest absolute Gasteiger partial charge is 0.411 e. The van der Waals surface area contributed by atoms with E-state index < -0.39 is 18.8 Å². The number of hydrogen-bond acceptors (Lipinski definition) is 4. The minimum Gasteiger partial charge on any atom is -0.372 e. The first-order valence-electron chi connectivity index (χ1n) is 5.95. The summed E-state index contributed by atoms with van der Waals surface area (Å²) in [5.74, 6) is 0.339. The predicted molar refractivity (Wildman–Crippen MR) is 68.1 cm³/mol. The van der Waals surface area contributed by atoms with Crippen LogP contribution < -0.4 is 0 Å². The number of carbonyl (C=O) groups excluding carboxylic acids is 2. The second kappa shape index (κ2) is 7.16. The van der Waals surface area contributed by atoms with Crippen LogP contribution in [0.4, 0.5) is 13.2 Å². The van der Waals surface area contributed by atoms with Crippen molar-refractivity contribution in [3.63, 3.8) is 0 Å². The molecule has 1 aliphatic heterocycles. The van der Waals surface area contributed by atoms with Gasteiger partial charge in [-0.15, -0.1) is 11.8 Å². The molecule has 0 aromatic heterocycles. The molecule has 0 aromatic carbocycles. The van der Waals surface area contributed by atoms with Crippen molar-refractivity contribution < 1.29 is 27.5 Å². The van der Waals surface area contributed by atoms with Crippen LogP contribution in [0, 0.1) is 0 Å². The third-order valence-electron chi connectivity index (χ3n) is 2.65. The van der Waals surface area contributed by atoms with Gasteiger partial charge in [0.1, 0.15) is 12.6 Å². The van der Waals surface area contributed by atoms with E-state index in [2.05, 4.69) is 4.74 Å². The number of halogens is 3. The zero-order valence-electron chi connectivity index (χ0n) is 11.3. The third-order valence-corrected chi connectivity index (χ3v) is 3.67. The van der Waals surface area contributed by atoms with Crippen molar-refractivity contribution in [3.8, 4) is 0 Å². The molecule has 0 unspecified atom stereocenters. The summed E-state index contributed by atoms with van der Waals surface area (Å²) in [7, 11) is 3.20. The van der Waals surface area contributed by atoms with Crippen molar-refractivity contribution in [3.05, 3.63) is 0 Å². The van der Waals surface area contributed by atoms with Crippen molar-refractivity contribution in [2.24, 2.45) is 0 Å². The fourth-order valence-electron chi connectivity index (χ4n) is 1.68. The Labute approximate surface area is 119 Å². The number of likely N-dealkylation sites (N-methyl/N-ethyl adjacent to an activating group) is 1. The maximum absolute atomic E-state index is 11.9. The topological polar surface area (TPSA) is 49.9 Å². The van der Waals surface area contributed by atoms with Crippen LogP contribution in [0.1, 0.15) is 6.42 Å². The van der Waals surface area contributed by atoms with Gasteiger partial charge < -0.3 is 14.5 Å². The summed E-state index contributed by atoms with van der Waals surface area (Å²) in [6.45, 7) is -1.67. The van der Waals surface area contributed by atoms with Crippen LogP contribution in [0.3, 0.4) is 0 Å². The van der Waals surface area contributed by atoms with Crippen molar-refractivity contribution in [2.75, 3.05) is 38.9 Å². The highest BCUT2D eigenvalue weighted by Gasteiger charge is 2.35. The van der Waals surface area contributed by atoms with E-state index in [-0.39, 0.29) is 24.8 Å². The van der Waals surface area contributed by atoms with Gasteiger partial charge in [0.05, 0.1) is 18.9 Å². The quantitative estimate of drug-likeness (QED) is 0.709. The molecule has 2 amide bonds. The number of thioether (sulfide) groups is 1. The molecule has 116 valence electrons. The van der Waals surface area contributed by atoms with Crippen LogP contribution in [0.25, 0.3) is 0 Å². The summed E-state index contributed by atoms with van der Waals surface area (Å²) >= 11 is 1.44. The molecule has 1 aliphatic rings. The summed E-state index contributed by atoms with van der Waals surface area (Å²) in [5, 5.41) is 0. The monoisotopic (exact) mass is 314 g/mol. The lowest BCUT2D eigenvalue weighted by Gasteiger charge is -2.25. The van der Waals surface area contributed by atoms with Gasteiger partial charge in [-0.05, 0) is 0 Å². The summed E-state index contributed by atoms with van der Waals surface area (Å²) in [6, 6.07) is -0.537. The van der Waals surface area contributed by atoms with Crippen LogP contribution >= 0.6 is 11.8 Å². The highest BCUT2D eigenvalue weighted by atomic mass is 32.2. The highest BCUT2D eigenvalue weighted by molar-refractivity contribution is 7.99. The van der Waals surface area contributed by atoms with Gasteiger partial charge in [0.2, 0.25) is 11.8 Å². The second-order valence-corrected chi connectivity index (χ2v) is 5.53. The van der Waals surface area contributed by atoms with Gasteiger partial charge in [-0.1, -0.05) is 0 Å². The van der Waals surface area contributed by atoms with E-state index in [0.29, 0.717) is 11.6 Å². The van der Waals surface area contributed by atoms with Crippen LogP contribution in [-0.4, -0.2) is 72.8 Å². The van der Waals surface area contributed by atoms with E-state index >= 15 is 0 Å². The molecular weight excluding hydrogens is 297 g/mol. The number of alkyl halides is 3. The van der Waals surface area contributed by atoms with E-state index in [1.807, 2.05) is 0 Å². The Balaban J connectivity index is 2.40. The third kappa shape index (κ3) is 5.20. The van der Waals surface area contributed by atoms with Crippen molar-refractivity contribution in [1.29, 1.82) is 0 Å². The van der Waals surface area contributed by atoms with E-state index in [0.717, 1.165) is 0 Å². The molecule has 0 saturated carbocycles. The fourth-order valence-corrected chi connectivity index (χ4v) is 2.85. The predicted octanol–water partition coefficient (Wildman–Crippen LogP) is 0.945. The standard InChI is InChI=1S/C11H17F3N2O3S/c1-15(2)10(18)8-5-20-7-16(8)9(17)3-4-19-6-11(12,13)14/h8H,3-7H2,1-2H3/t8-/m0/s1. The highest BCUT2D eigenvalue weighted by Crippen LogP contribution is 2.23. The Hall–Kier alpha value is -0.960. The van der Waals surface area contributed by atoms with Crippen LogP contribution in [0.5, 0.6) is 0 Å². The number of hydrogen-bond donors (Lipinski definition) is 0. The number of carbonyl (C=O) groups is 2. The lowest BCUT2D eigenvalue weighted by atomic mass is 10.2. The molecule has 9 heteroatoms. The molecule has 20 heavy (non-hydrogen) atoms. The normalized spacial score (nSPS) is 19.2. The number of rotatable bonds is 5. The zero-order chi connectivity index (χ0) is 15.3. The lowest BCUT2D eigenvalue weighted by molar-refractivity contribution is -0.175. The van der Waals surface area contributed by atoms with E-state index in [9.17, 15) is 22.8 Å². The maximum Gasteiger partial charge on any atom is 0.411 e. The molecule has 0 aromatic rings. The number of amides is 2. The Kier molecular flexibility index (Phi) is 6.12. The Morgan fingerprint density at radius 2 is 2.05 bits per heavy atom. The molecule has 0 radical (unpaired) electrons. The van der Waals surface area contributed by atoms with Crippen molar-refractivity contribution >= 4 is 23.6 Å². The molecule has 0 N–H and O–H groups in total. The van der Waals surface area contributed by atoms with Gasteiger partial charge in [-0.25, -0.2) is 0 Å². The number of ether oxygens (including phenoxy) is 1. The van der Waals surface area contributed by atoms with Crippen molar-refractivity contribution in [2.45, 2.75) is 18.6 Å². The van der Waals surface area contributed by atoms with Crippen molar-refractivity contribution in [1.82, 2.24) is 9.80 Å². The Bertz CT molecular complexity index is 363. The molecule has 0 bridgehead atoms. The Morgan fingerprint density at radius 1 is 1.40 bits per heavy atom. The van der Waals surface area contributed by atoms with Crippen LogP contribution in [0.2, 0.25) is 0 Å². The fraction of sp³-hybridized carbons (Fsp3) is 0.818. The maximum atomic E-state index is 11.9. The van der Waals surface area contributed by atoms with Gasteiger partial charge in [0.15, 0.2) is 0 Å². The summed E-state index contributed by atoms with van der Waals surface area (Å²) in [6.07, 6.45) is -4.55. The van der Waals surface area contributed by atoms with Gasteiger partial charge in [0.25, 0.3) is 0 Å².